The molecule has 0 saturated carbocycles. The number of ether oxygens (including phenoxy) is 1. The standard InChI is InChI=1S/C15H10BrClF2O2/c1-8-4-9(16)5-12(17)15(8)21-7-14(20)11-6-10(18)2-3-13(11)19/h2-6H,7H2,1H3. The molecule has 0 fully saturated rings. The van der Waals surface area contributed by atoms with Crippen molar-refractivity contribution in [2.75, 3.05) is 6.61 Å². The fourth-order valence-corrected chi connectivity index (χ4v) is 2.82. The third-order valence-corrected chi connectivity index (χ3v) is 3.51. The highest BCUT2D eigenvalue weighted by Gasteiger charge is 2.15. The molecule has 0 bridgehead atoms. The average molecular weight is 376 g/mol. The lowest BCUT2D eigenvalue weighted by Gasteiger charge is -2.11. The van der Waals surface area contributed by atoms with Gasteiger partial charge in [0.25, 0.3) is 0 Å². The Labute approximate surface area is 133 Å². The zero-order valence-corrected chi connectivity index (χ0v) is 13.3. The smallest absolute Gasteiger partial charge is 0.203 e. The maximum Gasteiger partial charge on any atom is 0.203 e. The number of halogens is 4. The van der Waals surface area contributed by atoms with Crippen LogP contribution >= 0.6 is 27.5 Å². The third kappa shape index (κ3) is 3.80. The Morgan fingerprint density at radius 1 is 1.29 bits per heavy atom. The van der Waals surface area contributed by atoms with E-state index in [1.807, 2.05) is 0 Å². The molecule has 0 saturated heterocycles. The van der Waals surface area contributed by atoms with Gasteiger partial charge in [-0.3, -0.25) is 4.79 Å². The van der Waals surface area contributed by atoms with E-state index in [1.165, 1.54) is 0 Å². The van der Waals surface area contributed by atoms with Gasteiger partial charge in [0, 0.05) is 4.47 Å². The van der Waals surface area contributed by atoms with E-state index in [2.05, 4.69) is 15.9 Å². The first-order valence-electron chi connectivity index (χ1n) is 5.95. The first-order valence-corrected chi connectivity index (χ1v) is 7.12. The van der Waals surface area contributed by atoms with Crippen molar-refractivity contribution in [3.05, 3.63) is 62.6 Å². The molecule has 21 heavy (non-hydrogen) atoms. The summed E-state index contributed by atoms with van der Waals surface area (Å²) in [5, 5.41) is 0.328. The summed E-state index contributed by atoms with van der Waals surface area (Å²) >= 11 is 9.30. The number of carbonyl (C=O) groups excluding carboxylic acids is 1. The molecule has 0 atom stereocenters. The summed E-state index contributed by atoms with van der Waals surface area (Å²) < 4.78 is 32.7. The normalized spacial score (nSPS) is 10.5. The Kier molecular flexibility index (Phi) is 4.96. The first-order chi connectivity index (χ1) is 9.88. The van der Waals surface area contributed by atoms with E-state index in [0.29, 0.717) is 10.8 Å². The van der Waals surface area contributed by atoms with Crippen molar-refractivity contribution in [2.45, 2.75) is 6.92 Å². The van der Waals surface area contributed by atoms with Crippen molar-refractivity contribution in [3.63, 3.8) is 0 Å². The van der Waals surface area contributed by atoms with Gasteiger partial charge in [-0.2, -0.15) is 0 Å². The Balaban J connectivity index is 2.17. The number of ketones is 1. The third-order valence-electron chi connectivity index (χ3n) is 2.77. The minimum Gasteiger partial charge on any atom is -0.484 e. The molecule has 0 aromatic heterocycles. The molecule has 0 aliphatic rings. The molecule has 0 aliphatic heterocycles. The summed E-state index contributed by atoms with van der Waals surface area (Å²) in [5.74, 6) is -1.79. The van der Waals surface area contributed by atoms with Gasteiger partial charge in [0.2, 0.25) is 5.78 Å². The van der Waals surface area contributed by atoms with E-state index in [9.17, 15) is 13.6 Å². The van der Waals surface area contributed by atoms with Crippen LogP contribution in [0.4, 0.5) is 8.78 Å². The Morgan fingerprint density at radius 3 is 2.67 bits per heavy atom. The van der Waals surface area contributed by atoms with Crippen LogP contribution in [0.15, 0.2) is 34.8 Å². The van der Waals surface area contributed by atoms with Crippen LogP contribution in [0.3, 0.4) is 0 Å². The molecule has 2 aromatic carbocycles. The number of benzene rings is 2. The van der Waals surface area contributed by atoms with Gasteiger partial charge in [-0.05, 0) is 42.8 Å². The van der Waals surface area contributed by atoms with Crippen LogP contribution in [0.25, 0.3) is 0 Å². The maximum absolute atomic E-state index is 13.5. The van der Waals surface area contributed by atoms with Gasteiger partial charge in [0.15, 0.2) is 6.61 Å². The fourth-order valence-electron chi connectivity index (χ4n) is 1.80. The second kappa shape index (κ2) is 6.54. The van der Waals surface area contributed by atoms with Gasteiger partial charge in [-0.25, -0.2) is 8.78 Å². The molecule has 110 valence electrons. The summed E-state index contributed by atoms with van der Waals surface area (Å²) in [6.07, 6.45) is 0. The molecular weight excluding hydrogens is 366 g/mol. The number of Topliss-reactive ketones (excluding diaryl/α,β-unsaturated/α-hetero) is 1. The monoisotopic (exact) mass is 374 g/mol. The van der Waals surface area contributed by atoms with Crippen molar-refractivity contribution >= 4 is 33.3 Å². The van der Waals surface area contributed by atoms with Crippen LogP contribution in [0.5, 0.6) is 5.75 Å². The number of aryl methyl sites for hydroxylation is 1. The van der Waals surface area contributed by atoms with Crippen molar-refractivity contribution in [1.29, 1.82) is 0 Å². The Morgan fingerprint density at radius 2 is 2.00 bits per heavy atom. The molecule has 2 aromatic rings. The van der Waals surface area contributed by atoms with Crippen LogP contribution in [0, 0.1) is 18.6 Å². The molecule has 2 rings (SSSR count). The Hall–Kier alpha value is -1.46. The van der Waals surface area contributed by atoms with Crippen molar-refractivity contribution in [3.8, 4) is 5.75 Å². The van der Waals surface area contributed by atoms with Gasteiger partial charge < -0.3 is 4.74 Å². The highest BCUT2D eigenvalue weighted by Crippen LogP contribution is 2.32. The van der Waals surface area contributed by atoms with Crippen LogP contribution in [-0.4, -0.2) is 12.4 Å². The number of hydrogen-bond acceptors (Lipinski definition) is 2. The Bertz CT molecular complexity index is 681. The predicted octanol–water partition coefficient (Wildman–Crippen LogP) is 4.95. The second-order valence-corrected chi connectivity index (χ2v) is 5.69. The first kappa shape index (κ1) is 15.9. The molecule has 0 N–H and O–H groups in total. The molecule has 0 heterocycles. The summed E-state index contributed by atoms with van der Waals surface area (Å²) in [6.45, 7) is 1.34. The minimum absolute atomic E-state index is 0.328. The quantitative estimate of drug-likeness (QED) is 0.707. The highest BCUT2D eigenvalue weighted by molar-refractivity contribution is 9.10. The average Bonchev–Trinajstić information content (AvgIpc) is 2.40. The molecule has 0 amide bonds. The molecular formula is C15H10BrClF2O2. The molecule has 0 spiro atoms. The lowest BCUT2D eigenvalue weighted by Crippen LogP contribution is -2.14. The van der Waals surface area contributed by atoms with E-state index in [0.717, 1.165) is 28.2 Å². The summed E-state index contributed by atoms with van der Waals surface area (Å²) in [6, 6.07) is 6.09. The summed E-state index contributed by atoms with van der Waals surface area (Å²) in [4.78, 5) is 11.9. The lowest BCUT2D eigenvalue weighted by molar-refractivity contribution is 0.0916. The minimum atomic E-state index is -0.788. The molecule has 0 unspecified atom stereocenters. The number of hydrogen-bond donors (Lipinski definition) is 0. The van der Waals surface area contributed by atoms with E-state index in [1.54, 1.807) is 19.1 Å². The lowest BCUT2D eigenvalue weighted by atomic mass is 10.1. The van der Waals surface area contributed by atoms with Gasteiger partial charge in [0.1, 0.15) is 17.4 Å². The second-order valence-electron chi connectivity index (χ2n) is 4.37. The van der Waals surface area contributed by atoms with E-state index in [-0.39, 0.29) is 5.56 Å². The van der Waals surface area contributed by atoms with Gasteiger partial charge >= 0.3 is 0 Å². The SMILES string of the molecule is Cc1cc(Br)cc(Cl)c1OCC(=O)c1cc(F)ccc1F. The van der Waals surface area contributed by atoms with Crippen LogP contribution in [-0.2, 0) is 0 Å². The summed E-state index contributed by atoms with van der Waals surface area (Å²) in [7, 11) is 0. The van der Waals surface area contributed by atoms with Crippen LogP contribution in [0.1, 0.15) is 15.9 Å². The maximum atomic E-state index is 13.5. The highest BCUT2D eigenvalue weighted by atomic mass is 79.9. The summed E-state index contributed by atoms with van der Waals surface area (Å²) in [5.41, 5.74) is 0.378. The van der Waals surface area contributed by atoms with Gasteiger partial charge in [0.05, 0.1) is 10.6 Å². The molecule has 0 aliphatic carbocycles. The van der Waals surface area contributed by atoms with E-state index in [4.69, 9.17) is 16.3 Å². The zero-order valence-electron chi connectivity index (χ0n) is 10.9. The molecule has 6 heteroatoms. The van der Waals surface area contributed by atoms with E-state index >= 15 is 0 Å². The molecule has 0 radical (unpaired) electrons. The van der Waals surface area contributed by atoms with Crippen LogP contribution in [0.2, 0.25) is 5.02 Å². The zero-order chi connectivity index (χ0) is 15.6. The van der Waals surface area contributed by atoms with Crippen molar-refractivity contribution in [2.24, 2.45) is 0 Å². The predicted molar refractivity (Wildman–Crippen MR) is 80.1 cm³/mol. The topological polar surface area (TPSA) is 26.3 Å². The van der Waals surface area contributed by atoms with Crippen molar-refractivity contribution < 1.29 is 18.3 Å². The number of rotatable bonds is 4. The van der Waals surface area contributed by atoms with E-state index < -0.39 is 24.0 Å². The van der Waals surface area contributed by atoms with Crippen molar-refractivity contribution in [1.82, 2.24) is 0 Å². The fraction of sp³-hybridized carbons (Fsp3) is 0.133. The molecule has 2 nitrogen and oxygen atoms in total. The van der Waals surface area contributed by atoms with Gasteiger partial charge in [-0.15, -0.1) is 0 Å². The number of carbonyl (C=O) groups is 1. The largest absolute Gasteiger partial charge is 0.484 e. The van der Waals surface area contributed by atoms with Crippen LogP contribution < -0.4 is 4.74 Å². The van der Waals surface area contributed by atoms with Gasteiger partial charge in [-0.1, -0.05) is 27.5 Å².